The summed E-state index contributed by atoms with van der Waals surface area (Å²) in [7, 11) is 1.84. The maximum atomic E-state index is 11.6. The second-order valence-corrected chi connectivity index (χ2v) is 5.85. The van der Waals surface area contributed by atoms with Crippen molar-refractivity contribution in [1.29, 1.82) is 0 Å². The van der Waals surface area contributed by atoms with Crippen LogP contribution in [0.3, 0.4) is 0 Å². The van der Waals surface area contributed by atoms with Crippen molar-refractivity contribution in [1.82, 2.24) is 9.88 Å². The lowest BCUT2D eigenvalue weighted by Crippen LogP contribution is -2.32. The number of amidine groups is 1. The van der Waals surface area contributed by atoms with Crippen LogP contribution in [0.1, 0.15) is 11.3 Å². The van der Waals surface area contributed by atoms with E-state index in [1.54, 1.807) is 24.4 Å². The number of furan rings is 1. The van der Waals surface area contributed by atoms with E-state index in [9.17, 15) is 10.1 Å². The number of rotatable bonds is 5. The molecule has 0 radical (unpaired) electrons. The molecule has 1 aliphatic rings. The molecule has 0 atom stereocenters. The number of likely N-dealkylation sites (N-methyl/N-ethyl adjacent to an activating group) is 1. The zero-order valence-corrected chi connectivity index (χ0v) is 13.8. The quantitative estimate of drug-likeness (QED) is 0.359. The van der Waals surface area contributed by atoms with Crippen molar-refractivity contribution in [3.63, 3.8) is 0 Å². The van der Waals surface area contributed by atoms with Gasteiger partial charge in [0, 0.05) is 11.8 Å². The predicted octanol–water partition coefficient (Wildman–Crippen LogP) is 2.50. The highest BCUT2D eigenvalue weighted by atomic mass is 35.5. The monoisotopic (exact) mass is 347 g/mol. The maximum absolute atomic E-state index is 11.6. The molecule has 0 fully saturated rings. The lowest BCUT2D eigenvalue weighted by molar-refractivity contribution is -0.496. The topological polar surface area (TPSA) is 75.4 Å². The van der Waals surface area contributed by atoms with Crippen molar-refractivity contribution < 1.29 is 13.9 Å². The van der Waals surface area contributed by atoms with E-state index in [1.165, 1.54) is 12.3 Å². The minimum Gasteiger partial charge on any atom is -0.465 e. The van der Waals surface area contributed by atoms with Crippen LogP contribution in [0.4, 0.5) is 0 Å². The molecule has 0 aliphatic carbocycles. The van der Waals surface area contributed by atoms with Crippen LogP contribution in [-0.4, -0.2) is 45.4 Å². The number of pyridine rings is 1. The van der Waals surface area contributed by atoms with Crippen LogP contribution in [-0.2, 0) is 6.54 Å². The SMILES string of the molecule is C[N+]1=C(C(=Cc2ccco2)[N+](=O)[O-])N(Cc2ccc(Cl)nc2)CC1. The molecular weight excluding hydrogens is 332 g/mol. The maximum Gasteiger partial charge on any atom is 0.360 e. The summed E-state index contributed by atoms with van der Waals surface area (Å²) < 4.78 is 7.10. The summed E-state index contributed by atoms with van der Waals surface area (Å²) in [5.74, 6) is 1.01. The molecule has 0 saturated heterocycles. The minimum absolute atomic E-state index is 0.00636. The Labute approximate surface area is 143 Å². The smallest absolute Gasteiger partial charge is 0.360 e. The summed E-state index contributed by atoms with van der Waals surface area (Å²) >= 11 is 5.80. The molecule has 0 N–H and O–H groups in total. The molecule has 0 saturated carbocycles. The molecule has 3 rings (SSSR count). The van der Waals surface area contributed by atoms with E-state index < -0.39 is 0 Å². The van der Waals surface area contributed by atoms with Gasteiger partial charge in [-0.05, 0) is 18.2 Å². The summed E-state index contributed by atoms with van der Waals surface area (Å²) in [5.41, 5.74) is 0.944. The van der Waals surface area contributed by atoms with Gasteiger partial charge in [-0.15, -0.1) is 0 Å². The highest BCUT2D eigenvalue weighted by molar-refractivity contribution is 6.29. The molecule has 0 amide bonds. The lowest BCUT2D eigenvalue weighted by atomic mass is 10.2. The van der Waals surface area contributed by atoms with Gasteiger partial charge < -0.3 is 4.42 Å². The Balaban J connectivity index is 1.91. The molecule has 24 heavy (non-hydrogen) atoms. The van der Waals surface area contributed by atoms with Gasteiger partial charge in [-0.3, -0.25) is 14.7 Å². The van der Waals surface area contributed by atoms with Crippen LogP contribution in [0.15, 0.2) is 46.8 Å². The molecule has 2 aromatic rings. The van der Waals surface area contributed by atoms with E-state index in [4.69, 9.17) is 16.0 Å². The molecule has 3 heterocycles. The lowest BCUT2D eigenvalue weighted by Gasteiger charge is -2.11. The predicted molar refractivity (Wildman–Crippen MR) is 89.4 cm³/mol. The van der Waals surface area contributed by atoms with Gasteiger partial charge in [-0.2, -0.15) is 0 Å². The molecule has 8 heteroatoms. The Morgan fingerprint density at radius 2 is 2.38 bits per heavy atom. The number of nitrogens with zero attached hydrogens (tertiary/aromatic N) is 4. The van der Waals surface area contributed by atoms with E-state index >= 15 is 0 Å². The average molecular weight is 348 g/mol. The Morgan fingerprint density at radius 1 is 1.54 bits per heavy atom. The molecule has 0 aromatic carbocycles. The summed E-state index contributed by atoms with van der Waals surface area (Å²) in [6.45, 7) is 1.92. The third kappa shape index (κ3) is 3.46. The average Bonchev–Trinajstić information content (AvgIpc) is 3.18. The van der Waals surface area contributed by atoms with Gasteiger partial charge in [0.05, 0.1) is 24.3 Å². The van der Waals surface area contributed by atoms with Gasteiger partial charge in [0.2, 0.25) is 0 Å². The van der Waals surface area contributed by atoms with E-state index in [2.05, 4.69) is 4.98 Å². The fraction of sp³-hybridized carbons (Fsp3) is 0.250. The van der Waals surface area contributed by atoms with Crippen LogP contribution >= 0.6 is 11.6 Å². The summed E-state index contributed by atoms with van der Waals surface area (Å²) in [6.07, 6.45) is 4.62. The fourth-order valence-electron chi connectivity index (χ4n) is 2.66. The number of nitro groups is 1. The first kappa shape index (κ1) is 16.2. The number of aromatic nitrogens is 1. The van der Waals surface area contributed by atoms with Crippen molar-refractivity contribution in [2.75, 3.05) is 20.1 Å². The molecule has 2 aromatic heterocycles. The van der Waals surface area contributed by atoms with Crippen LogP contribution < -0.4 is 0 Å². The van der Waals surface area contributed by atoms with Crippen molar-refractivity contribution in [2.24, 2.45) is 0 Å². The number of hydrogen-bond acceptors (Lipinski definition) is 5. The van der Waals surface area contributed by atoms with Crippen LogP contribution in [0.2, 0.25) is 5.15 Å². The van der Waals surface area contributed by atoms with Gasteiger partial charge >= 0.3 is 11.5 Å². The Bertz CT molecular complexity index is 797. The van der Waals surface area contributed by atoms with Crippen molar-refractivity contribution in [3.05, 3.63) is 69.0 Å². The second kappa shape index (κ2) is 6.84. The summed E-state index contributed by atoms with van der Waals surface area (Å²) in [5, 5.41) is 12.0. The van der Waals surface area contributed by atoms with Crippen LogP contribution in [0, 0.1) is 10.1 Å². The van der Waals surface area contributed by atoms with Crippen LogP contribution in [0.5, 0.6) is 0 Å². The van der Waals surface area contributed by atoms with Crippen molar-refractivity contribution in [3.8, 4) is 0 Å². The molecule has 0 unspecified atom stereocenters. The van der Waals surface area contributed by atoms with E-state index in [1.807, 2.05) is 22.6 Å². The fourth-order valence-corrected chi connectivity index (χ4v) is 2.77. The molecule has 0 bridgehead atoms. The van der Waals surface area contributed by atoms with E-state index in [-0.39, 0.29) is 10.6 Å². The van der Waals surface area contributed by atoms with E-state index in [0.29, 0.717) is 36.4 Å². The molecule has 0 spiro atoms. The number of hydrogen-bond donors (Lipinski definition) is 0. The van der Waals surface area contributed by atoms with Gasteiger partial charge in [-0.1, -0.05) is 17.7 Å². The zero-order chi connectivity index (χ0) is 17.1. The molecule has 7 nitrogen and oxygen atoms in total. The van der Waals surface area contributed by atoms with E-state index in [0.717, 1.165) is 5.56 Å². The van der Waals surface area contributed by atoms with Gasteiger partial charge in [-0.25, -0.2) is 9.88 Å². The largest absolute Gasteiger partial charge is 0.465 e. The highest BCUT2D eigenvalue weighted by Crippen LogP contribution is 2.17. The first-order valence-electron chi connectivity index (χ1n) is 7.38. The first-order chi connectivity index (χ1) is 11.5. The molecular formula is C16H16ClN4O3+. The zero-order valence-electron chi connectivity index (χ0n) is 13.1. The molecule has 124 valence electrons. The van der Waals surface area contributed by atoms with Gasteiger partial charge in [0.1, 0.15) is 30.5 Å². The second-order valence-electron chi connectivity index (χ2n) is 5.46. The third-order valence-corrected chi connectivity index (χ3v) is 4.00. The highest BCUT2D eigenvalue weighted by Gasteiger charge is 2.39. The summed E-state index contributed by atoms with van der Waals surface area (Å²) in [4.78, 5) is 17.2. The normalized spacial score (nSPS) is 15.2. The van der Waals surface area contributed by atoms with Gasteiger partial charge in [0.15, 0.2) is 0 Å². The minimum atomic E-state index is -0.382. The Kier molecular flexibility index (Phi) is 4.61. The Morgan fingerprint density at radius 3 is 3.00 bits per heavy atom. The van der Waals surface area contributed by atoms with Crippen LogP contribution in [0.25, 0.3) is 6.08 Å². The standard InChI is InChI=1S/C16H16ClN4O3/c1-19-6-7-20(11-12-4-5-15(17)18-10-12)16(19)14(21(22)23)9-13-3-2-8-24-13/h2-5,8-10H,6-7,11H2,1H3/q+1. The Hall–Kier alpha value is -2.67. The van der Waals surface area contributed by atoms with Crippen molar-refractivity contribution >= 4 is 23.5 Å². The molecule has 1 aliphatic heterocycles. The first-order valence-corrected chi connectivity index (χ1v) is 7.76. The number of halogens is 1. The third-order valence-electron chi connectivity index (χ3n) is 3.78. The summed E-state index contributed by atoms with van der Waals surface area (Å²) in [6, 6.07) is 6.97. The van der Waals surface area contributed by atoms with Crippen molar-refractivity contribution in [2.45, 2.75) is 6.54 Å². The van der Waals surface area contributed by atoms with Gasteiger partial charge in [0.25, 0.3) is 0 Å².